The van der Waals surface area contributed by atoms with Gasteiger partial charge in [0.2, 0.25) is 0 Å². The predicted molar refractivity (Wildman–Crippen MR) is 160 cm³/mol. The maximum absolute atomic E-state index is 2.57. The summed E-state index contributed by atoms with van der Waals surface area (Å²) in [6.45, 7) is 5.13. The van der Waals surface area contributed by atoms with Crippen molar-refractivity contribution in [3.8, 4) is 0 Å². The third kappa shape index (κ3) is 4.49. The maximum Gasteiger partial charge on any atom is -0.00912 e. The van der Waals surface area contributed by atoms with Crippen molar-refractivity contribution in [1.82, 2.24) is 0 Å². The van der Waals surface area contributed by atoms with Crippen molar-refractivity contribution in [3.63, 3.8) is 0 Å². The summed E-state index contributed by atoms with van der Waals surface area (Å²) in [7, 11) is -0.800. The van der Waals surface area contributed by atoms with Gasteiger partial charge in [-0.25, -0.2) is 0 Å². The van der Waals surface area contributed by atoms with Crippen LogP contribution < -0.4 is 21.2 Å². The number of hydrogen-bond acceptors (Lipinski definition) is 0. The minimum atomic E-state index is -0.404. The van der Waals surface area contributed by atoms with Crippen LogP contribution in [-0.2, 0) is 0 Å². The van der Waals surface area contributed by atoms with Crippen LogP contribution in [0.15, 0.2) is 121 Å². The first-order valence-electron chi connectivity index (χ1n) is 13.4. The fraction of sp³-hybridized carbons (Fsp3) is 0.294. The molecule has 4 atom stereocenters. The zero-order valence-corrected chi connectivity index (χ0v) is 23.2. The summed E-state index contributed by atoms with van der Waals surface area (Å²) < 4.78 is 0. The zero-order chi connectivity index (χ0) is 24.5. The van der Waals surface area contributed by atoms with Crippen molar-refractivity contribution in [2.24, 2.45) is 23.2 Å². The second-order valence-corrected chi connectivity index (χ2v) is 15.8. The molecule has 7 rings (SSSR count). The van der Waals surface area contributed by atoms with Gasteiger partial charge < -0.3 is 0 Å². The van der Waals surface area contributed by atoms with Gasteiger partial charge in [-0.3, -0.25) is 0 Å². The lowest BCUT2D eigenvalue weighted by Gasteiger charge is -2.64. The van der Waals surface area contributed by atoms with E-state index >= 15 is 0 Å². The van der Waals surface area contributed by atoms with Crippen molar-refractivity contribution in [1.29, 1.82) is 0 Å². The topological polar surface area (TPSA) is 0 Å². The van der Waals surface area contributed by atoms with Crippen LogP contribution in [0.2, 0.25) is 0 Å². The molecule has 3 fully saturated rings. The average molecular weight is 507 g/mol. The summed E-state index contributed by atoms with van der Waals surface area (Å²) in [4.78, 5) is 0. The van der Waals surface area contributed by atoms with E-state index in [1.165, 1.54) is 29.6 Å². The molecule has 2 heteroatoms. The van der Waals surface area contributed by atoms with Crippen LogP contribution in [0.4, 0.5) is 0 Å². The Kier molecular flexibility index (Phi) is 6.86. The highest BCUT2D eigenvalue weighted by molar-refractivity contribution is 7.74. The molecule has 0 aliphatic heterocycles. The highest BCUT2D eigenvalue weighted by Gasteiger charge is 2.59. The van der Waals surface area contributed by atoms with E-state index < -0.39 is 15.8 Å². The average Bonchev–Trinajstić information content (AvgIpc) is 2.94. The molecule has 0 amide bonds. The number of fused-ring (bicyclic) bond motifs is 2. The summed E-state index contributed by atoms with van der Waals surface area (Å²) in [5.41, 5.74) is 1.20. The first-order valence-corrected chi connectivity index (χ1v) is 16.3. The Hall–Kier alpha value is -2.26. The highest BCUT2D eigenvalue weighted by atomic mass is 31.1. The maximum atomic E-state index is 2.57. The molecule has 4 aromatic carbocycles. The molecule has 0 N–H and O–H groups in total. The molecule has 0 heterocycles. The van der Waals surface area contributed by atoms with Gasteiger partial charge in [0, 0.05) is 0 Å². The van der Waals surface area contributed by atoms with Gasteiger partial charge in [0.05, 0.1) is 0 Å². The Balaban J connectivity index is 1.44. The van der Waals surface area contributed by atoms with Crippen molar-refractivity contribution in [2.75, 3.05) is 6.16 Å². The monoisotopic (exact) mass is 506 g/mol. The molecular formula is C34H36P2. The van der Waals surface area contributed by atoms with Crippen molar-refractivity contribution in [2.45, 2.75) is 32.3 Å². The minimum Gasteiger partial charge on any atom is -0.0622 e. The van der Waals surface area contributed by atoms with E-state index in [1.807, 2.05) is 0 Å². The molecule has 0 saturated heterocycles. The first kappa shape index (κ1) is 24.1. The molecule has 182 valence electrons. The quantitative estimate of drug-likeness (QED) is 0.231. The van der Waals surface area contributed by atoms with Crippen molar-refractivity contribution < 1.29 is 0 Å². The smallest absolute Gasteiger partial charge is 0.00912 e. The van der Waals surface area contributed by atoms with Crippen LogP contribution in [0.1, 0.15) is 26.7 Å². The molecule has 0 radical (unpaired) electrons. The van der Waals surface area contributed by atoms with Gasteiger partial charge in [0.25, 0.3) is 0 Å². The van der Waals surface area contributed by atoms with Crippen molar-refractivity contribution >= 4 is 37.1 Å². The first-order chi connectivity index (χ1) is 17.6. The molecule has 0 spiro atoms. The van der Waals surface area contributed by atoms with E-state index in [0.29, 0.717) is 5.41 Å². The van der Waals surface area contributed by atoms with Gasteiger partial charge in [-0.1, -0.05) is 135 Å². The number of hydrogen-bond donors (Lipinski definition) is 0. The molecule has 2 bridgehead atoms. The van der Waals surface area contributed by atoms with Gasteiger partial charge in [-0.2, -0.15) is 0 Å². The number of rotatable bonds is 7. The molecule has 3 saturated carbocycles. The summed E-state index contributed by atoms with van der Waals surface area (Å²) in [6, 6.07) is 45.7. The summed E-state index contributed by atoms with van der Waals surface area (Å²) >= 11 is 0. The normalized spacial score (nSPS) is 24.4. The van der Waals surface area contributed by atoms with Crippen LogP contribution in [0.25, 0.3) is 0 Å². The summed E-state index contributed by atoms with van der Waals surface area (Å²) in [6.07, 6.45) is 4.09. The second-order valence-electron chi connectivity index (χ2n) is 11.2. The van der Waals surface area contributed by atoms with Crippen LogP contribution in [0, 0.1) is 23.2 Å². The molecule has 0 nitrogen and oxygen atoms in total. The van der Waals surface area contributed by atoms with Gasteiger partial charge in [0.15, 0.2) is 0 Å². The summed E-state index contributed by atoms with van der Waals surface area (Å²) in [5, 5.41) is 6.16. The lowest BCUT2D eigenvalue weighted by molar-refractivity contribution is -0.0944. The third-order valence-corrected chi connectivity index (χ3v) is 14.6. The fourth-order valence-corrected chi connectivity index (χ4v) is 13.1. The molecule has 3 aliphatic carbocycles. The second kappa shape index (κ2) is 10.2. The largest absolute Gasteiger partial charge is 0.0622 e. The summed E-state index contributed by atoms with van der Waals surface area (Å²) in [5.74, 6) is 2.42. The molecular weight excluding hydrogens is 470 g/mol. The highest BCUT2D eigenvalue weighted by Crippen LogP contribution is 2.68. The molecule has 0 aromatic heterocycles. The van der Waals surface area contributed by atoms with E-state index in [-0.39, 0.29) is 0 Å². The van der Waals surface area contributed by atoms with E-state index in [4.69, 9.17) is 0 Å². The van der Waals surface area contributed by atoms with Crippen LogP contribution in [-0.4, -0.2) is 11.8 Å². The number of benzene rings is 4. The van der Waals surface area contributed by atoms with Crippen LogP contribution in [0.5, 0.6) is 0 Å². The molecule has 36 heavy (non-hydrogen) atoms. The molecule has 4 aromatic rings. The standard InChI is InChI=1S/C34H36P2/c1-34(2)26-23-32(34)31(25-35(27-15-7-3-8-16-27)28-17-9-4-10-18-28)33(24-26)36(29-19-11-5-12-20-29)30-21-13-6-14-22-30/h3-22,26,31-33H,23-25H2,1-2H3. The lowest BCUT2D eigenvalue weighted by Crippen LogP contribution is -2.58. The predicted octanol–water partition coefficient (Wildman–Crippen LogP) is 7.30. The van der Waals surface area contributed by atoms with Gasteiger partial charge in [-0.15, -0.1) is 0 Å². The Bertz CT molecular complexity index is 1170. The van der Waals surface area contributed by atoms with Crippen LogP contribution in [0.3, 0.4) is 0 Å². The van der Waals surface area contributed by atoms with Gasteiger partial charge in [0.1, 0.15) is 0 Å². The fourth-order valence-electron chi connectivity index (χ4n) is 6.96. The van der Waals surface area contributed by atoms with Gasteiger partial charge >= 0.3 is 0 Å². The Morgan fingerprint density at radius 3 is 1.42 bits per heavy atom. The van der Waals surface area contributed by atoms with Crippen LogP contribution >= 0.6 is 15.8 Å². The Morgan fingerprint density at radius 2 is 1.00 bits per heavy atom. The Labute approximate surface area is 219 Å². The van der Waals surface area contributed by atoms with E-state index in [1.54, 1.807) is 10.6 Å². The Morgan fingerprint density at radius 1 is 0.583 bits per heavy atom. The third-order valence-electron chi connectivity index (χ3n) is 9.01. The minimum absolute atomic E-state index is 0.396. The van der Waals surface area contributed by atoms with E-state index in [2.05, 4.69) is 135 Å². The van der Waals surface area contributed by atoms with Crippen molar-refractivity contribution in [3.05, 3.63) is 121 Å². The van der Waals surface area contributed by atoms with Gasteiger partial charge in [-0.05, 0) is 84.9 Å². The van der Waals surface area contributed by atoms with E-state index in [0.717, 1.165) is 23.4 Å². The zero-order valence-electron chi connectivity index (χ0n) is 21.4. The van der Waals surface area contributed by atoms with E-state index in [9.17, 15) is 0 Å². The lowest BCUT2D eigenvalue weighted by atomic mass is 9.46. The SMILES string of the molecule is CC1(C)C2CC(P(c3ccccc3)c3ccccc3)C(CP(c3ccccc3)c3ccccc3)C1C2. The molecule has 4 unspecified atom stereocenters. The molecule has 3 aliphatic rings.